The van der Waals surface area contributed by atoms with E-state index in [9.17, 15) is 5.11 Å². The Hall–Kier alpha value is 0.01000. The van der Waals surface area contributed by atoms with Crippen molar-refractivity contribution in [2.24, 2.45) is 17.6 Å². The molecule has 1 unspecified atom stereocenters. The van der Waals surface area contributed by atoms with Crippen molar-refractivity contribution >= 4 is 11.8 Å². The fourth-order valence-corrected chi connectivity index (χ4v) is 5.00. The summed E-state index contributed by atoms with van der Waals surface area (Å²) in [6.45, 7) is 4.40. The largest absolute Gasteiger partial charge is 0.393 e. The summed E-state index contributed by atoms with van der Waals surface area (Å²) in [5, 5.41) is 10.4. The van der Waals surface area contributed by atoms with Gasteiger partial charge in [-0.05, 0) is 56.8 Å². The molecule has 0 radical (unpaired) electrons. The van der Waals surface area contributed by atoms with E-state index in [0.717, 1.165) is 42.7 Å². The molecule has 0 saturated heterocycles. The third-order valence-corrected chi connectivity index (χ3v) is 6.44. The van der Waals surface area contributed by atoms with Crippen LogP contribution in [0.4, 0.5) is 0 Å². The van der Waals surface area contributed by atoms with Crippen LogP contribution in [0.3, 0.4) is 0 Å². The molecule has 0 aromatic carbocycles. The molecule has 0 spiro atoms. The van der Waals surface area contributed by atoms with Crippen molar-refractivity contribution < 1.29 is 5.11 Å². The second kappa shape index (κ2) is 8.45. The molecule has 2 atom stereocenters. The normalized spacial score (nSPS) is 35.5. The lowest BCUT2D eigenvalue weighted by Gasteiger charge is -2.31. The molecule has 2 rings (SSSR count). The lowest BCUT2D eigenvalue weighted by Crippen LogP contribution is -2.23. The molecule has 0 amide bonds. The average Bonchev–Trinajstić information content (AvgIpc) is 2.66. The Morgan fingerprint density at radius 2 is 1.75 bits per heavy atom. The molecule has 3 heteroatoms. The van der Waals surface area contributed by atoms with Crippen molar-refractivity contribution in [1.82, 2.24) is 0 Å². The van der Waals surface area contributed by atoms with E-state index in [1.165, 1.54) is 44.1 Å². The maximum atomic E-state index is 9.63. The van der Waals surface area contributed by atoms with Gasteiger partial charge in [0.25, 0.3) is 0 Å². The number of hydrogen-bond acceptors (Lipinski definition) is 3. The number of nitrogens with two attached hydrogens (primary N) is 1. The van der Waals surface area contributed by atoms with Gasteiger partial charge in [-0.1, -0.05) is 31.4 Å². The minimum atomic E-state index is -0.0579. The third kappa shape index (κ3) is 4.78. The first-order chi connectivity index (χ1) is 9.70. The van der Waals surface area contributed by atoms with Crippen LogP contribution in [0.15, 0.2) is 12.2 Å². The predicted octanol–water partition coefficient (Wildman–Crippen LogP) is 4.08. The molecule has 0 aromatic rings. The summed E-state index contributed by atoms with van der Waals surface area (Å²) >= 11 is 1.96. The monoisotopic (exact) mass is 297 g/mol. The van der Waals surface area contributed by atoms with E-state index in [1.54, 1.807) is 0 Å². The van der Waals surface area contributed by atoms with E-state index < -0.39 is 0 Å². The van der Waals surface area contributed by atoms with Crippen molar-refractivity contribution in [1.29, 1.82) is 0 Å². The van der Waals surface area contributed by atoms with Crippen molar-refractivity contribution in [3.8, 4) is 0 Å². The maximum absolute atomic E-state index is 9.63. The molecule has 2 nitrogen and oxygen atoms in total. The quantitative estimate of drug-likeness (QED) is 0.456. The molecule has 2 fully saturated rings. The van der Waals surface area contributed by atoms with Crippen LogP contribution < -0.4 is 5.73 Å². The number of thioether (sulfide) groups is 1. The minimum absolute atomic E-state index is 0.0579. The number of aliphatic hydroxyl groups excluding tert-OH is 1. The highest BCUT2D eigenvalue weighted by atomic mass is 32.2. The first-order valence-electron chi connectivity index (χ1n) is 8.38. The van der Waals surface area contributed by atoms with Gasteiger partial charge in [0.15, 0.2) is 0 Å². The topological polar surface area (TPSA) is 46.2 Å². The van der Waals surface area contributed by atoms with Gasteiger partial charge in [0.05, 0.1) is 6.10 Å². The molecule has 3 N–H and O–H groups in total. The van der Waals surface area contributed by atoms with Crippen LogP contribution >= 0.6 is 11.8 Å². The van der Waals surface area contributed by atoms with Crippen LogP contribution in [0.2, 0.25) is 0 Å². The smallest absolute Gasteiger partial charge is 0.0540 e. The third-order valence-electron chi connectivity index (χ3n) is 5.20. The average molecular weight is 298 g/mol. The van der Waals surface area contributed by atoms with Crippen LogP contribution in [0.1, 0.15) is 64.2 Å². The number of aliphatic hydroxyl groups is 1. The number of allylic oxidation sites excluding steroid dienone is 1. The van der Waals surface area contributed by atoms with Gasteiger partial charge in [-0.25, -0.2) is 0 Å². The first-order valence-corrected chi connectivity index (χ1v) is 9.43. The summed E-state index contributed by atoms with van der Waals surface area (Å²) in [5.41, 5.74) is 7.22. The Labute approximate surface area is 128 Å². The highest BCUT2D eigenvalue weighted by Crippen LogP contribution is 2.39. The van der Waals surface area contributed by atoms with Crippen molar-refractivity contribution in [2.45, 2.75) is 75.6 Å². The SMILES string of the molecule is C=C(CC1CCCCC[C@@H]1SCN)C1CCC(O)CC1. The van der Waals surface area contributed by atoms with E-state index in [4.69, 9.17) is 5.73 Å². The van der Waals surface area contributed by atoms with Gasteiger partial charge in [-0.3, -0.25) is 0 Å². The lowest BCUT2D eigenvalue weighted by atomic mass is 9.79. The summed E-state index contributed by atoms with van der Waals surface area (Å²) in [7, 11) is 0. The van der Waals surface area contributed by atoms with Crippen molar-refractivity contribution in [3.05, 3.63) is 12.2 Å². The molecule has 116 valence electrons. The fraction of sp³-hybridized carbons (Fsp3) is 0.882. The summed E-state index contributed by atoms with van der Waals surface area (Å²) < 4.78 is 0. The molecule has 20 heavy (non-hydrogen) atoms. The molecule has 0 aliphatic heterocycles. The van der Waals surface area contributed by atoms with E-state index >= 15 is 0 Å². The van der Waals surface area contributed by atoms with E-state index in [-0.39, 0.29) is 6.10 Å². The lowest BCUT2D eigenvalue weighted by molar-refractivity contribution is 0.114. The van der Waals surface area contributed by atoms with Crippen LogP contribution in [0.25, 0.3) is 0 Å². The Kier molecular flexibility index (Phi) is 6.92. The zero-order chi connectivity index (χ0) is 14.4. The minimum Gasteiger partial charge on any atom is -0.393 e. The Morgan fingerprint density at radius 3 is 2.45 bits per heavy atom. The van der Waals surface area contributed by atoms with Gasteiger partial charge in [0.2, 0.25) is 0 Å². The second-order valence-corrected chi connectivity index (χ2v) is 7.91. The zero-order valence-corrected chi connectivity index (χ0v) is 13.5. The van der Waals surface area contributed by atoms with Gasteiger partial charge < -0.3 is 10.8 Å². The maximum Gasteiger partial charge on any atom is 0.0540 e. The predicted molar refractivity (Wildman–Crippen MR) is 88.7 cm³/mol. The van der Waals surface area contributed by atoms with E-state index in [1.807, 2.05) is 11.8 Å². The van der Waals surface area contributed by atoms with Gasteiger partial charge in [-0.2, -0.15) is 0 Å². The van der Waals surface area contributed by atoms with Gasteiger partial charge >= 0.3 is 0 Å². The molecule has 0 aromatic heterocycles. The molecule has 2 aliphatic rings. The van der Waals surface area contributed by atoms with Crippen molar-refractivity contribution in [2.75, 3.05) is 5.88 Å². The van der Waals surface area contributed by atoms with Gasteiger partial charge in [0.1, 0.15) is 0 Å². The summed E-state index contributed by atoms with van der Waals surface area (Å²) in [5.74, 6) is 2.19. The standard InChI is InChI=1S/C17H31NOS/c1-13(14-7-9-16(19)10-8-14)11-15-5-3-2-4-6-17(15)20-12-18/h14-17,19H,1-12,18H2/t14?,15?,16?,17-/m0/s1. The number of rotatable bonds is 5. The second-order valence-electron chi connectivity index (χ2n) is 6.64. The fourth-order valence-electron chi connectivity index (χ4n) is 3.91. The molecule has 2 saturated carbocycles. The van der Waals surface area contributed by atoms with Crippen LogP contribution in [0, 0.1) is 11.8 Å². The summed E-state index contributed by atoms with van der Waals surface area (Å²) in [6.07, 6.45) is 12.2. The summed E-state index contributed by atoms with van der Waals surface area (Å²) in [4.78, 5) is 0. The Morgan fingerprint density at radius 1 is 1.05 bits per heavy atom. The van der Waals surface area contributed by atoms with E-state index in [2.05, 4.69) is 6.58 Å². The molecule has 0 bridgehead atoms. The molecular weight excluding hydrogens is 266 g/mol. The number of hydrogen-bond donors (Lipinski definition) is 2. The highest BCUT2D eigenvalue weighted by molar-refractivity contribution is 7.99. The molecular formula is C17H31NOS. The Balaban J connectivity index is 1.86. The summed E-state index contributed by atoms with van der Waals surface area (Å²) in [6, 6.07) is 0. The van der Waals surface area contributed by atoms with Gasteiger partial charge in [-0.15, -0.1) is 11.8 Å². The van der Waals surface area contributed by atoms with Crippen LogP contribution in [0.5, 0.6) is 0 Å². The first kappa shape index (κ1) is 16.4. The molecule has 2 aliphatic carbocycles. The molecule has 0 heterocycles. The van der Waals surface area contributed by atoms with Crippen LogP contribution in [-0.4, -0.2) is 22.3 Å². The van der Waals surface area contributed by atoms with Gasteiger partial charge in [0, 0.05) is 11.1 Å². The highest BCUT2D eigenvalue weighted by Gasteiger charge is 2.27. The Bertz CT molecular complexity index is 299. The van der Waals surface area contributed by atoms with Crippen LogP contribution in [-0.2, 0) is 0 Å². The van der Waals surface area contributed by atoms with Crippen molar-refractivity contribution in [3.63, 3.8) is 0 Å². The zero-order valence-electron chi connectivity index (χ0n) is 12.7. The van der Waals surface area contributed by atoms with E-state index in [0.29, 0.717) is 5.92 Å².